The van der Waals surface area contributed by atoms with Gasteiger partial charge in [0.25, 0.3) is 5.91 Å². The summed E-state index contributed by atoms with van der Waals surface area (Å²) in [4.78, 5) is 17.1. The summed E-state index contributed by atoms with van der Waals surface area (Å²) in [7, 11) is 3.31. The highest BCUT2D eigenvalue weighted by molar-refractivity contribution is 7.11. The minimum atomic E-state index is -0.0662. The predicted octanol–water partition coefficient (Wildman–Crippen LogP) is 1.98. The second-order valence-corrected chi connectivity index (χ2v) is 5.55. The van der Waals surface area contributed by atoms with Gasteiger partial charge in [-0.2, -0.15) is 0 Å². The van der Waals surface area contributed by atoms with Crippen LogP contribution in [0.25, 0.3) is 0 Å². The molecule has 5 nitrogen and oxygen atoms in total. The predicted molar refractivity (Wildman–Crippen MR) is 73.3 cm³/mol. The molecule has 0 unspecified atom stereocenters. The van der Waals surface area contributed by atoms with Gasteiger partial charge in [-0.25, -0.2) is 4.98 Å². The molecule has 0 radical (unpaired) electrons. The lowest BCUT2D eigenvalue weighted by molar-refractivity contribution is 0.0393. The van der Waals surface area contributed by atoms with E-state index in [9.17, 15) is 4.79 Å². The maximum absolute atomic E-state index is 12.3. The Balaban J connectivity index is 2.01. The minimum Gasteiger partial charge on any atom is -0.379 e. The van der Waals surface area contributed by atoms with Crippen LogP contribution < -0.4 is 5.32 Å². The van der Waals surface area contributed by atoms with Crippen LogP contribution in [0.3, 0.4) is 0 Å². The molecule has 1 saturated carbocycles. The number of aromatic nitrogens is 1. The zero-order chi connectivity index (χ0) is 13.7. The van der Waals surface area contributed by atoms with E-state index in [4.69, 9.17) is 9.47 Å². The molecule has 19 heavy (non-hydrogen) atoms. The highest BCUT2D eigenvalue weighted by atomic mass is 32.1. The summed E-state index contributed by atoms with van der Waals surface area (Å²) in [6.07, 6.45) is 4.41. The summed E-state index contributed by atoms with van der Waals surface area (Å²) < 4.78 is 10.5. The number of nitrogens with one attached hydrogen (secondary N) is 1. The van der Waals surface area contributed by atoms with Gasteiger partial charge in [0.1, 0.15) is 4.88 Å². The Bertz CT molecular complexity index is 422. The van der Waals surface area contributed by atoms with Crippen LogP contribution in [-0.2, 0) is 16.1 Å². The molecule has 1 amide bonds. The number of methoxy groups -OCH3 is 2. The number of hydrogen-bond acceptors (Lipinski definition) is 5. The van der Waals surface area contributed by atoms with Crippen LogP contribution in [0, 0.1) is 0 Å². The van der Waals surface area contributed by atoms with Crippen molar-refractivity contribution in [1.82, 2.24) is 10.3 Å². The average Bonchev–Trinajstić information content (AvgIpc) is 2.88. The fourth-order valence-corrected chi connectivity index (χ4v) is 3.17. The molecule has 1 fully saturated rings. The molecule has 1 aromatic heterocycles. The Morgan fingerprint density at radius 1 is 1.47 bits per heavy atom. The molecule has 0 saturated heterocycles. The van der Waals surface area contributed by atoms with Gasteiger partial charge < -0.3 is 14.8 Å². The van der Waals surface area contributed by atoms with Crippen LogP contribution in [0.1, 0.15) is 41.0 Å². The molecular weight excluding hydrogens is 264 g/mol. The first-order valence-corrected chi connectivity index (χ1v) is 7.39. The first-order valence-electron chi connectivity index (χ1n) is 6.51. The fourth-order valence-electron chi connectivity index (χ4n) is 2.47. The number of nitrogens with zero attached hydrogens (tertiary/aromatic N) is 1. The highest BCUT2D eigenvalue weighted by Gasteiger charge is 2.27. The minimum absolute atomic E-state index is 0.0662. The van der Waals surface area contributed by atoms with Crippen LogP contribution in [-0.4, -0.2) is 37.3 Å². The molecule has 1 aliphatic carbocycles. The third-order valence-electron chi connectivity index (χ3n) is 3.45. The van der Waals surface area contributed by atoms with Gasteiger partial charge in [-0.3, -0.25) is 4.79 Å². The first kappa shape index (κ1) is 14.4. The number of hydrogen-bond donors (Lipinski definition) is 1. The van der Waals surface area contributed by atoms with Crippen molar-refractivity contribution in [2.24, 2.45) is 0 Å². The molecule has 0 aliphatic heterocycles. The van der Waals surface area contributed by atoms with Crippen LogP contribution in [0.15, 0.2) is 5.51 Å². The molecule has 1 N–H and O–H groups in total. The average molecular weight is 284 g/mol. The standard InChI is InChI=1S/C13H20N2O3S/c1-17-7-10-12(19-8-14-10)13(16)15-9-5-3-4-6-11(9)18-2/h8-9,11H,3-7H2,1-2H3,(H,15,16)/t9-,11+/m0/s1. The maximum atomic E-state index is 12.3. The lowest BCUT2D eigenvalue weighted by Gasteiger charge is -2.30. The van der Waals surface area contributed by atoms with Crippen molar-refractivity contribution >= 4 is 17.2 Å². The lowest BCUT2D eigenvalue weighted by atomic mass is 9.92. The molecule has 1 aromatic rings. The van der Waals surface area contributed by atoms with E-state index in [2.05, 4.69) is 10.3 Å². The van der Waals surface area contributed by atoms with Crippen molar-refractivity contribution in [2.45, 2.75) is 44.4 Å². The van der Waals surface area contributed by atoms with Crippen molar-refractivity contribution < 1.29 is 14.3 Å². The third-order valence-corrected chi connectivity index (χ3v) is 4.32. The van der Waals surface area contributed by atoms with Gasteiger partial charge in [-0.15, -0.1) is 11.3 Å². The van der Waals surface area contributed by atoms with E-state index in [0.717, 1.165) is 19.3 Å². The van der Waals surface area contributed by atoms with Crippen molar-refractivity contribution in [2.75, 3.05) is 14.2 Å². The van der Waals surface area contributed by atoms with Crippen LogP contribution in [0.4, 0.5) is 0 Å². The molecule has 1 aliphatic rings. The maximum Gasteiger partial charge on any atom is 0.263 e. The number of ether oxygens (including phenoxy) is 2. The molecule has 0 spiro atoms. The highest BCUT2D eigenvalue weighted by Crippen LogP contribution is 2.22. The zero-order valence-corrected chi connectivity index (χ0v) is 12.2. The summed E-state index contributed by atoms with van der Waals surface area (Å²) in [6.45, 7) is 0.366. The summed E-state index contributed by atoms with van der Waals surface area (Å²) in [5.41, 5.74) is 2.38. The van der Waals surface area contributed by atoms with E-state index in [-0.39, 0.29) is 18.1 Å². The van der Waals surface area contributed by atoms with Gasteiger partial charge in [0.05, 0.1) is 30.0 Å². The van der Waals surface area contributed by atoms with Gasteiger partial charge in [0.15, 0.2) is 0 Å². The Kier molecular flexibility index (Phi) is 5.30. The molecule has 2 rings (SSSR count). The molecular formula is C13H20N2O3S. The molecule has 0 bridgehead atoms. The Hall–Kier alpha value is -0.980. The van der Waals surface area contributed by atoms with E-state index in [1.807, 2.05) is 0 Å². The van der Waals surface area contributed by atoms with Gasteiger partial charge in [0, 0.05) is 14.2 Å². The summed E-state index contributed by atoms with van der Waals surface area (Å²) in [5, 5.41) is 3.07. The molecule has 6 heteroatoms. The number of carbonyl (C=O) groups is 1. The third kappa shape index (κ3) is 3.52. The first-order chi connectivity index (χ1) is 9.26. The molecule has 106 valence electrons. The summed E-state index contributed by atoms with van der Waals surface area (Å²) in [5.74, 6) is -0.0662. The number of thiazole rings is 1. The van der Waals surface area contributed by atoms with E-state index >= 15 is 0 Å². The van der Waals surface area contributed by atoms with Gasteiger partial charge in [-0.1, -0.05) is 12.8 Å². The monoisotopic (exact) mass is 284 g/mol. The SMILES string of the molecule is COCc1ncsc1C(=O)N[C@H]1CCCC[C@H]1OC. The van der Waals surface area contributed by atoms with Crippen LogP contribution in [0.5, 0.6) is 0 Å². The Morgan fingerprint density at radius 2 is 2.26 bits per heavy atom. The smallest absolute Gasteiger partial charge is 0.263 e. The van der Waals surface area contributed by atoms with Crippen molar-refractivity contribution in [1.29, 1.82) is 0 Å². The normalized spacial score (nSPS) is 23.3. The van der Waals surface area contributed by atoms with Gasteiger partial charge >= 0.3 is 0 Å². The number of amides is 1. The van der Waals surface area contributed by atoms with Crippen LogP contribution >= 0.6 is 11.3 Å². The van der Waals surface area contributed by atoms with E-state index < -0.39 is 0 Å². The molecule has 2 atom stereocenters. The quantitative estimate of drug-likeness (QED) is 0.898. The van der Waals surface area contributed by atoms with E-state index in [0.29, 0.717) is 17.2 Å². The second-order valence-electron chi connectivity index (χ2n) is 4.70. The van der Waals surface area contributed by atoms with E-state index in [1.54, 1.807) is 19.7 Å². The number of rotatable bonds is 5. The van der Waals surface area contributed by atoms with E-state index in [1.165, 1.54) is 17.8 Å². The lowest BCUT2D eigenvalue weighted by Crippen LogP contribution is -2.45. The van der Waals surface area contributed by atoms with Crippen LogP contribution in [0.2, 0.25) is 0 Å². The number of carbonyl (C=O) groups excluding carboxylic acids is 1. The van der Waals surface area contributed by atoms with Gasteiger partial charge in [0.2, 0.25) is 0 Å². The van der Waals surface area contributed by atoms with Crippen molar-refractivity contribution in [3.63, 3.8) is 0 Å². The van der Waals surface area contributed by atoms with Gasteiger partial charge in [-0.05, 0) is 12.8 Å². The topological polar surface area (TPSA) is 60.5 Å². The second kappa shape index (κ2) is 6.98. The summed E-state index contributed by atoms with van der Waals surface area (Å²) >= 11 is 1.35. The van der Waals surface area contributed by atoms with Crippen molar-refractivity contribution in [3.8, 4) is 0 Å². The Morgan fingerprint density at radius 3 is 3.00 bits per heavy atom. The largest absolute Gasteiger partial charge is 0.379 e. The molecule has 1 heterocycles. The molecule has 0 aromatic carbocycles. The fraction of sp³-hybridized carbons (Fsp3) is 0.692. The summed E-state index contributed by atoms with van der Waals surface area (Å²) in [6, 6.07) is 0.101. The Labute approximate surface area is 117 Å². The van der Waals surface area contributed by atoms with Crippen molar-refractivity contribution in [3.05, 3.63) is 16.1 Å². The zero-order valence-electron chi connectivity index (χ0n) is 11.3.